The molecule has 78 valence electrons. The molecule has 0 heterocycles. The van der Waals surface area contributed by atoms with Gasteiger partial charge in [0, 0.05) is 19.5 Å². The second kappa shape index (κ2) is 9.48. The third-order valence-corrected chi connectivity index (χ3v) is 1.47. The lowest BCUT2D eigenvalue weighted by Crippen LogP contribution is -2.24. The zero-order chi connectivity index (χ0) is 9.94. The maximum atomic E-state index is 11.0. The van der Waals surface area contributed by atoms with Crippen molar-refractivity contribution in [2.45, 2.75) is 33.1 Å². The van der Waals surface area contributed by atoms with E-state index in [-0.39, 0.29) is 5.91 Å². The van der Waals surface area contributed by atoms with Gasteiger partial charge in [0.05, 0.1) is 6.61 Å². The van der Waals surface area contributed by atoms with E-state index in [2.05, 4.69) is 10.8 Å². The lowest BCUT2D eigenvalue weighted by molar-refractivity contribution is -0.121. The topological polar surface area (TPSA) is 50.4 Å². The van der Waals surface area contributed by atoms with Crippen molar-refractivity contribution in [3.05, 3.63) is 0 Å². The van der Waals surface area contributed by atoms with Gasteiger partial charge < -0.3 is 10.2 Å². The molecule has 0 unspecified atom stereocenters. The van der Waals surface area contributed by atoms with Gasteiger partial charge in [0.15, 0.2) is 0 Å². The van der Waals surface area contributed by atoms with Gasteiger partial charge in [0.25, 0.3) is 0 Å². The minimum Gasteiger partial charge on any atom is -0.356 e. The van der Waals surface area contributed by atoms with Crippen LogP contribution in [0.2, 0.25) is 0 Å². The van der Waals surface area contributed by atoms with Crippen LogP contribution in [0.5, 0.6) is 0 Å². The lowest BCUT2D eigenvalue weighted by atomic mass is 10.3. The summed E-state index contributed by atoms with van der Waals surface area (Å²) in [6.45, 7) is 6.16. The highest BCUT2D eigenvalue weighted by atomic mass is 16.6. The number of amides is 1. The number of hydrogen-bond acceptors (Lipinski definition) is 3. The summed E-state index contributed by atoms with van der Waals surface area (Å²) in [4.78, 5) is 16.1. The fraction of sp³-hybridized carbons (Fsp3) is 0.889. The average Bonchev–Trinajstić information content (AvgIpc) is 2.14. The molecule has 0 aromatic carbocycles. The molecule has 0 aliphatic carbocycles. The molecule has 4 nitrogen and oxygen atoms in total. The van der Waals surface area contributed by atoms with E-state index in [0.29, 0.717) is 13.0 Å². The Morgan fingerprint density at radius 2 is 2.15 bits per heavy atom. The van der Waals surface area contributed by atoms with E-state index in [4.69, 9.17) is 4.84 Å². The largest absolute Gasteiger partial charge is 0.356 e. The van der Waals surface area contributed by atoms with Crippen molar-refractivity contribution in [2.75, 3.05) is 19.7 Å². The van der Waals surface area contributed by atoms with Crippen molar-refractivity contribution in [2.24, 2.45) is 0 Å². The maximum Gasteiger partial charge on any atom is 0.220 e. The quantitative estimate of drug-likeness (QED) is 0.438. The highest BCUT2D eigenvalue weighted by Crippen LogP contribution is 1.88. The molecule has 0 rings (SSSR count). The summed E-state index contributed by atoms with van der Waals surface area (Å²) in [7, 11) is 0. The Bertz CT molecular complexity index is 129. The Balaban J connectivity index is 3.08. The van der Waals surface area contributed by atoms with E-state index >= 15 is 0 Å². The zero-order valence-electron chi connectivity index (χ0n) is 8.56. The summed E-state index contributed by atoms with van der Waals surface area (Å²) in [6.07, 6.45) is 2.30. The van der Waals surface area contributed by atoms with Crippen LogP contribution < -0.4 is 10.8 Å². The minimum atomic E-state index is 0.113. The van der Waals surface area contributed by atoms with Crippen molar-refractivity contribution in [1.29, 1.82) is 0 Å². The van der Waals surface area contributed by atoms with Crippen LogP contribution in [0, 0.1) is 0 Å². The predicted octanol–water partition coefficient (Wildman–Crippen LogP) is 0.834. The first-order chi connectivity index (χ1) is 6.31. The SMILES string of the molecule is CCCNC(=O)CCCONCC. The van der Waals surface area contributed by atoms with Crippen LogP contribution in [-0.4, -0.2) is 25.6 Å². The maximum absolute atomic E-state index is 11.0. The molecule has 0 atom stereocenters. The summed E-state index contributed by atoms with van der Waals surface area (Å²) >= 11 is 0. The molecule has 0 aliphatic rings. The molecule has 13 heavy (non-hydrogen) atoms. The second-order valence-corrected chi connectivity index (χ2v) is 2.80. The molecular formula is C9H20N2O2. The van der Waals surface area contributed by atoms with Crippen molar-refractivity contribution >= 4 is 5.91 Å². The number of nitrogens with one attached hydrogen (secondary N) is 2. The smallest absolute Gasteiger partial charge is 0.220 e. The zero-order valence-corrected chi connectivity index (χ0v) is 8.56. The van der Waals surface area contributed by atoms with Gasteiger partial charge >= 0.3 is 0 Å². The van der Waals surface area contributed by atoms with Gasteiger partial charge in [-0.15, -0.1) is 0 Å². The Morgan fingerprint density at radius 3 is 2.77 bits per heavy atom. The molecule has 0 spiro atoms. The first-order valence-electron chi connectivity index (χ1n) is 4.92. The molecule has 0 fully saturated rings. The Labute approximate surface area is 80.0 Å². The average molecular weight is 188 g/mol. The molecular weight excluding hydrogens is 168 g/mol. The van der Waals surface area contributed by atoms with Crippen molar-refractivity contribution < 1.29 is 9.63 Å². The summed E-state index contributed by atoms with van der Waals surface area (Å²) in [6, 6.07) is 0. The summed E-state index contributed by atoms with van der Waals surface area (Å²) in [5, 5.41) is 2.81. The summed E-state index contributed by atoms with van der Waals surface area (Å²) in [5.74, 6) is 0.113. The van der Waals surface area contributed by atoms with E-state index in [1.165, 1.54) is 0 Å². The number of carbonyl (C=O) groups excluding carboxylic acids is 1. The molecule has 0 bridgehead atoms. The molecule has 4 heteroatoms. The highest BCUT2D eigenvalue weighted by Gasteiger charge is 1.98. The van der Waals surface area contributed by atoms with Crippen LogP contribution in [0.4, 0.5) is 0 Å². The molecule has 2 N–H and O–H groups in total. The van der Waals surface area contributed by atoms with Gasteiger partial charge in [0.2, 0.25) is 5.91 Å². The van der Waals surface area contributed by atoms with Crippen molar-refractivity contribution in [3.8, 4) is 0 Å². The van der Waals surface area contributed by atoms with Crippen LogP contribution in [0.1, 0.15) is 33.1 Å². The number of rotatable bonds is 8. The van der Waals surface area contributed by atoms with Gasteiger partial charge in [-0.25, -0.2) is 5.48 Å². The second-order valence-electron chi connectivity index (χ2n) is 2.80. The van der Waals surface area contributed by atoms with Gasteiger partial charge in [-0.3, -0.25) is 4.79 Å². The van der Waals surface area contributed by atoms with Crippen LogP contribution in [0.15, 0.2) is 0 Å². The van der Waals surface area contributed by atoms with Crippen molar-refractivity contribution in [1.82, 2.24) is 10.8 Å². The van der Waals surface area contributed by atoms with E-state index in [1.54, 1.807) is 0 Å². The van der Waals surface area contributed by atoms with Crippen LogP contribution in [0.3, 0.4) is 0 Å². The van der Waals surface area contributed by atoms with Crippen molar-refractivity contribution in [3.63, 3.8) is 0 Å². The number of hydroxylamine groups is 1. The predicted molar refractivity (Wildman–Crippen MR) is 52.2 cm³/mol. The molecule has 0 radical (unpaired) electrons. The molecule has 1 amide bonds. The van der Waals surface area contributed by atoms with E-state index in [0.717, 1.165) is 25.9 Å². The van der Waals surface area contributed by atoms with Gasteiger partial charge in [-0.2, -0.15) is 0 Å². The van der Waals surface area contributed by atoms with Gasteiger partial charge in [-0.1, -0.05) is 13.8 Å². The first-order valence-corrected chi connectivity index (χ1v) is 4.92. The van der Waals surface area contributed by atoms with Gasteiger partial charge in [-0.05, 0) is 12.8 Å². The molecule has 0 aromatic rings. The van der Waals surface area contributed by atoms with E-state index in [9.17, 15) is 4.79 Å². The van der Waals surface area contributed by atoms with Gasteiger partial charge in [0.1, 0.15) is 0 Å². The fourth-order valence-electron chi connectivity index (χ4n) is 0.832. The van der Waals surface area contributed by atoms with Crippen LogP contribution >= 0.6 is 0 Å². The number of hydrogen-bond donors (Lipinski definition) is 2. The summed E-state index contributed by atoms with van der Waals surface area (Å²) in [5.41, 5.74) is 2.73. The fourth-order valence-corrected chi connectivity index (χ4v) is 0.832. The minimum absolute atomic E-state index is 0.113. The van der Waals surface area contributed by atoms with Crippen LogP contribution in [-0.2, 0) is 9.63 Å². The highest BCUT2D eigenvalue weighted by molar-refractivity contribution is 5.75. The number of carbonyl (C=O) groups is 1. The molecule has 0 saturated heterocycles. The third-order valence-electron chi connectivity index (χ3n) is 1.47. The molecule has 0 aromatic heterocycles. The normalized spacial score (nSPS) is 10.0. The Kier molecular flexibility index (Phi) is 9.03. The Morgan fingerprint density at radius 1 is 1.38 bits per heavy atom. The Hall–Kier alpha value is -0.610. The van der Waals surface area contributed by atoms with E-state index in [1.807, 2.05) is 13.8 Å². The lowest BCUT2D eigenvalue weighted by Gasteiger charge is -2.04. The first kappa shape index (κ1) is 12.4. The van der Waals surface area contributed by atoms with E-state index < -0.39 is 0 Å². The monoisotopic (exact) mass is 188 g/mol. The molecule has 0 aliphatic heterocycles. The summed E-state index contributed by atoms with van der Waals surface area (Å²) < 4.78 is 0. The third kappa shape index (κ3) is 9.30. The van der Waals surface area contributed by atoms with Crippen LogP contribution in [0.25, 0.3) is 0 Å². The molecule has 0 saturated carbocycles. The standard InChI is InChI=1S/C9H20N2O2/c1-3-7-10-9(12)6-5-8-13-11-4-2/h11H,3-8H2,1-2H3,(H,10,12).